The first-order valence-corrected chi connectivity index (χ1v) is 10.8. The van der Waals surface area contributed by atoms with E-state index in [-0.39, 0.29) is 22.8 Å². The van der Waals surface area contributed by atoms with Crippen molar-refractivity contribution in [1.29, 1.82) is 0 Å². The van der Waals surface area contributed by atoms with Gasteiger partial charge in [0.15, 0.2) is 5.75 Å². The van der Waals surface area contributed by atoms with Gasteiger partial charge < -0.3 is 19.5 Å². The minimum absolute atomic E-state index is 0.0284. The molecule has 1 aromatic carbocycles. The van der Waals surface area contributed by atoms with Crippen LogP contribution in [0.4, 0.5) is 0 Å². The number of hydrogen-bond acceptors (Lipinski definition) is 4. The highest BCUT2D eigenvalue weighted by molar-refractivity contribution is 5.88. The van der Waals surface area contributed by atoms with E-state index >= 15 is 0 Å². The molecule has 0 aliphatic heterocycles. The van der Waals surface area contributed by atoms with Gasteiger partial charge in [-0.05, 0) is 25.0 Å². The Morgan fingerprint density at radius 3 is 2.25 bits per heavy atom. The Morgan fingerprint density at radius 2 is 1.54 bits per heavy atom. The molecule has 0 aliphatic carbocycles. The van der Waals surface area contributed by atoms with Gasteiger partial charge >= 0.3 is 0 Å². The molecule has 2 rings (SSSR count). The first kappa shape index (κ1) is 22.1. The summed E-state index contributed by atoms with van der Waals surface area (Å²) in [7, 11) is 0. The molecule has 0 saturated heterocycles. The lowest BCUT2D eigenvalue weighted by atomic mass is 10.1. The third-order valence-electron chi connectivity index (χ3n) is 5.16. The molecule has 1 aromatic heterocycles. The normalized spacial score (nSPS) is 11.2. The molecule has 0 atom stereocenters. The van der Waals surface area contributed by atoms with Gasteiger partial charge in [-0.3, -0.25) is 4.79 Å². The Balaban J connectivity index is 2.21. The van der Waals surface area contributed by atoms with Gasteiger partial charge in [0.05, 0.1) is 12.1 Å². The van der Waals surface area contributed by atoms with E-state index in [1.807, 2.05) is 0 Å². The SMILES string of the molecule is CCCCCCCCn1c(=O)c(OCCCCCC)c(O)c2ccc(O)cc21. The van der Waals surface area contributed by atoms with Crippen LogP contribution in [0, 0.1) is 0 Å². The molecular formula is C23H35NO4. The van der Waals surface area contributed by atoms with E-state index < -0.39 is 0 Å². The van der Waals surface area contributed by atoms with Crippen molar-refractivity contribution in [2.75, 3.05) is 6.61 Å². The number of nitrogens with zero attached hydrogens (tertiary/aromatic N) is 1. The van der Waals surface area contributed by atoms with Crippen LogP contribution in [-0.4, -0.2) is 21.4 Å². The summed E-state index contributed by atoms with van der Waals surface area (Å²) in [6.45, 7) is 5.31. The molecule has 5 heteroatoms. The number of pyridine rings is 1. The lowest BCUT2D eigenvalue weighted by molar-refractivity contribution is 0.284. The number of benzene rings is 1. The number of aromatic hydroxyl groups is 2. The quantitative estimate of drug-likeness (QED) is 0.429. The predicted octanol–water partition coefficient (Wildman–Crippen LogP) is 5.73. The number of ether oxygens (including phenoxy) is 1. The highest BCUT2D eigenvalue weighted by atomic mass is 16.5. The van der Waals surface area contributed by atoms with E-state index in [1.165, 1.54) is 25.3 Å². The number of phenols is 1. The van der Waals surface area contributed by atoms with Crippen molar-refractivity contribution >= 4 is 10.9 Å². The lowest BCUT2D eigenvalue weighted by Gasteiger charge is -2.16. The summed E-state index contributed by atoms with van der Waals surface area (Å²) in [5.41, 5.74) is 0.231. The van der Waals surface area contributed by atoms with Gasteiger partial charge in [-0.25, -0.2) is 0 Å². The second-order valence-corrected chi connectivity index (χ2v) is 7.51. The van der Waals surface area contributed by atoms with Crippen LogP contribution in [0.1, 0.15) is 78.1 Å². The van der Waals surface area contributed by atoms with Crippen LogP contribution in [0.25, 0.3) is 10.9 Å². The van der Waals surface area contributed by atoms with Gasteiger partial charge in [0.2, 0.25) is 5.75 Å². The number of fused-ring (bicyclic) bond motifs is 1. The van der Waals surface area contributed by atoms with Crippen molar-refractivity contribution in [3.63, 3.8) is 0 Å². The standard InChI is InChI=1S/C23H35NO4/c1-3-5-7-9-10-11-15-24-20-17-18(25)13-14-19(20)21(26)22(23(24)27)28-16-12-8-6-4-2/h13-14,17,25-26H,3-12,15-16H2,1-2H3. The number of hydrogen-bond donors (Lipinski definition) is 2. The summed E-state index contributed by atoms with van der Waals surface area (Å²) >= 11 is 0. The molecule has 0 bridgehead atoms. The zero-order valence-corrected chi connectivity index (χ0v) is 17.4. The van der Waals surface area contributed by atoms with Crippen molar-refractivity contribution in [1.82, 2.24) is 4.57 Å². The number of aromatic nitrogens is 1. The van der Waals surface area contributed by atoms with Gasteiger partial charge in [0, 0.05) is 18.0 Å². The molecule has 0 amide bonds. The van der Waals surface area contributed by atoms with Crippen LogP contribution in [0.2, 0.25) is 0 Å². The summed E-state index contributed by atoms with van der Waals surface area (Å²) in [5.74, 6) is -0.0217. The molecule has 0 fully saturated rings. The van der Waals surface area contributed by atoms with Gasteiger partial charge in [-0.1, -0.05) is 65.2 Å². The smallest absolute Gasteiger partial charge is 0.297 e. The number of aryl methyl sites for hydroxylation is 1. The first-order valence-electron chi connectivity index (χ1n) is 10.8. The van der Waals surface area contributed by atoms with Crippen LogP contribution in [0.3, 0.4) is 0 Å². The molecule has 2 N–H and O–H groups in total. The minimum atomic E-state index is -0.320. The van der Waals surface area contributed by atoms with Crippen molar-refractivity contribution in [2.24, 2.45) is 0 Å². The molecule has 2 aromatic rings. The Kier molecular flexibility index (Phi) is 9.18. The number of phenolic OH excluding ortho intramolecular Hbond substituents is 1. The van der Waals surface area contributed by atoms with Crippen LogP contribution >= 0.6 is 0 Å². The lowest BCUT2D eigenvalue weighted by Crippen LogP contribution is -2.23. The largest absolute Gasteiger partial charge is 0.508 e. The fraction of sp³-hybridized carbons (Fsp3) is 0.609. The zero-order chi connectivity index (χ0) is 20.4. The summed E-state index contributed by atoms with van der Waals surface area (Å²) in [6, 6.07) is 4.70. The van der Waals surface area contributed by atoms with E-state index in [2.05, 4.69) is 13.8 Å². The van der Waals surface area contributed by atoms with Crippen molar-refractivity contribution in [3.05, 3.63) is 28.6 Å². The van der Waals surface area contributed by atoms with Crippen LogP contribution in [0.5, 0.6) is 17.2 Å². The maximum absolute atomic E-state index is 13.0. The molecule has 0 aliphatic rings. The molecule has 0 radical (unpaired) electrons. The van der Waals surface area contributed by atoms with Crippen LogP contribution < -0.4 is 10.3 Å². The second kappa shape index (κ2) is 11.6. The van der Waals surface area contributed by atoms with Gasteiger partial charge in [0.1, 0.15) is 5.75 Å². The van der Waals surface area contributed by atoms with Gasteiger partial charge in [0.25, 0.3) is 5.56 Å². The molecule has 156 valence electrons. The average molecular weight is 390 g/mol. The molecular weight excluding hydrogens is 354 g/mol. The minimum Gasteiger partial charge on any atom is -0.508 e. The monoisotopic (exact) mass is 389 g/mol. The van der Waals surface area contributed by atoms with E-state index in [1.54, 1.807) is 16.7 Å². The maximum Gasteiger partial charge on any atom is 0.297 e. The number of rotatable bonds is 13. The Morgan fingerprint density at radius 1 is 0.893 bits per heavy atom. The molecule has 0 spiro atoms. The molecule has 0 saturated carbocycles. The molecule has 28 heavy (non-hydrogen) atoms. The maximum atomic E-state index is 13.0. The Bertz CT molecular complexity index is 797. The van der Waals surface area contributed by atoms with E-state index in [0.29, 0.717) is 24.1 Å². The zero-order valence-electron chi connectivity index (χ0n) is 17.4. The predicted molar refractivity (Wildman–Crippen MR) is 115 cm³/mol. The summed E-state index contributed by atoms with van der Waals surface area (Å²) in [4.78, 5) is 13.0. The van der Waals surface area contributed by atoms with Gasteiger partial charge in [-0.15, -0.1) is 0 Å². The highest BCUT2D eigenvalue weighted by Gasteiger charge is 2.18. The van der Waals surface area contributed by atoms with E-state index in [0.717, 1.165) is 44.9 Å². The van der Waals surface area contributed by atoms with Crippen molar-refractivity contribution in [2.45, 2.75) is 84.6 Å². The fourth-order valence-corrected chi connectivity index (χ4v) is 3.50. The highest BCUT2D eigenvalue weighted by Crippen LogP contribution is 2.33. The third kappa shape index (κ3) is 5.91. The summed E-state index contributed by atoms with van der Waals surface area (Å²) < 4.78 is 7.34. The van der Waals surface area contributed by atoms with Crippen molar-refractivity contribution in [3.8, 4) is 17.2 Å². The molecule has 1 heterocycles. The Hall–Kier alpha value is -2.17. The van der Waals surface area contributed by atoms with Gasteiger partial charge in [-0.2, -0.15) is 0 Å². The van der Waals surface area contributed by atoms with E-state index in [4.69, 9.17) is 4.74 Å². The second-order valence-electron chi connectivity index (χ2n) is 7.51. The summed E-state index contributed by atoms with van der Waals surface area (Å²) in [5, 5.41) is 21.0. The van der Waals surface area contributed by atoms with E-state index in [9.17, 15) is 15.0 Å². The third-order valence-corrected chi connectivity index (χ3v) is 5.16. The first-order chi connectivity index (χ1) is 13.6. The van der Waals surface area contributed by atoms with Crippen molar-refractivity contribution < 1.29 is 14.9 Å². The summed E-state index contributed by atoms with van der Waals surface area (Å²) in [6.07, 6.45) is 10.9. The molecule has 5 nitrogen and oxygen atoms in total. The van der Waals surface area contributed by atoms with Crippen LogP contribution in [-0.2, 0) is 6.54 Å². The number of unbranched alkanes of at least 4 members (excludes halogenated alkanes) is 8. The average Bonchev–Trinajstić information content (AvgIpc) is 2.68. The fourth-order valence-electron chi connectivity index (χ4n) is 3.50. The van der Waals surface area contributed by atoms with Crippen LogP contribution in [0.15, 0.2) is 23.0 Å². The topological polar surface area (TPSA) is 71.7 Å². The Labute approximate surface area is 168 Å². The molecule has 0 unspecified atom stereocenters.